The van der Waals surface area contributed by atoms with E-state index in [1.54, 1.807) is 6.08 Å². The van der Waals surface area contributed by atoms with Gasteiger partial charge in [0.1, 0.15) is 0 Å². The predicted octanol–water partition coefficient (Wildman–Crippen LogP) is 26.4. The van der Waals surface area contributed by atoms with Crippen molar-refractivity contribution in [3.8, 4) is 0 Å². The van der Waals surface area contributed by atoms with Crippen LogP contribution in [0, 0.1) is 0 Å². The molecule has 0 aromatic heterocycles. The van der Waals surface area contributed by atoms with Crippen molar-refractivity contribution in [2.45, 2.75) is 469 Å². The lowest BCUT2D eigenvalue weighted by Crippen LogP contribution is -2.45. The zero-order valence-electron chi connectivity index (χ0n) is 59.3. The highest BCUT2D eigenvalue weighted by atomic mass is 16.5. The molecule has 0 aliphatic carbocycles. The first-order valence-electron chi connectivity index (χ1n) is 40.1. The number of esters is 1. The maximum atomic E-state index is 12.5. The van der Waals surface area contributed by atoms with E-state index in [4.69, 9.17) is 4.74 Å². The van der Waals surface area contributed by atoms with Gasteiger partial charge in [-0.25, -0.2) is 0 Å². The number of aliphatic hydroxyl groups is 2. The summed E-state index contributed by atoms with van der Waals surface area (Å²) in [5.41, 5.74) is 0. The highest BCUT2D eigenvalue weighted by molar-refractivity contribution is 5.76. The Morgan fingerprint density at radius 2 is 0.540 bits per heavy atom. The Morgan fingerprint density at radius 3 is 0.816 bits per heavy atom. The fourth-order valence-electron chi connectivity index (χ4n) is 12.9. The van der Waals surface area contributed by atoms with Crippen molar-refractivity contribution in [3.05, 3.63) is 24.3 Å². The SMILES string of the molecule is CCCCCCCCCCCCCCC/C=C/C(O)C(CO)NC(=O)CCCCCCCCCCCCCCCCCCC/C=C\CCCCCCCCCCCCCCCCCCOC(=O)CCCCCCCCCCCCCCCCCCCC. The smallest absolute Gasteiger partial charge is 0.305 e. The number of unbranched alkanes of at least 4 members (excludes halogenated alkanes) is 63. The Labute approximate surface area is 545 Å². The molecule has 0 rings (SSSR count). The summed E-state index contributed by atoms with van der Waals surface area (Å²) in [4.78, 5) is 24.6. The summed E-state index contributed by atoms with van der Waals surface area (Å²) >= 11 is 0. The molecular formula is C81H157NO5. The van der Waals surface area contributed by atoms with Gasteiger partial charge in [-0.15, -0.1) is 0 Å². The van der Waals surface area contributed by atoms with E-state index in [0.29, 0.717) is 19.4 Å². The molecule has 516 valence electrons. The first-order chi connectivity index (χ1) is 43.0. The Kier molecular flexibility index (Phi) is 75.3. The summed E-state index contributed by atoms with van der Waals surface area (Å²) in [6.45, 7) is 4.96. The minimum atomic E-state index is -0.841. The number of allylic oxidation sites excluding steroid dienone is 3. The Bertz CT molecular complexity index is 1360. The lowest BCUT2D eigenvalue weighted by molar-refractivity contribution is -0.143. The molecule has 0 aromatic rings. The lowest BCUT2D eigenvalue weighted by atomic mass is 10.0. The minimum Gasteiger partial charge on any atom is -0.466 e. The minimum absolute atomic E-state index is 0.0266. The van der Waals surface area contributed by atoms with Crippen LogP contribution in [-0.4, -0.2) is 47.4 Å². The normalized spacial score (nSPS) is 12.6. The van der Waals surface area contributed by atoms with Crippen LogP contribution in [0.3, 0.4) is 0 Å². The van der Waals surface area contributed by atoms with Crippen molar-refractivity contribution >= 4 is 11.9 Å². The van der Waals surface area contributed by atoms with Gasteiger partial charge in [0.2, 0.25) is 5.91 Å². The summed E-state index contributed by atoms with van der Waals surface area (Å²) in [5, 5.41) is 23.2. The van der Waals surface area contributed by atoms with E-state index < -0.39 is 12.1 Å². The second-order valence-corrected chi connectivity index (χ2v) is 27.8. The Morgan fingerprint density at radius 1 is 0.310 bits per heavy atom. The van der Waals surface area contributed by atoms with Crippen LogP contribution < -0.4 is 5.32 Å². The van der Waals surface area contributed by atoms with Crippen LogP contribution in [0.1, 0.15) is 457 Å². The third kappa shape index (κ3) is 73.3. The van der Waals surface area contributed by atoms with Gasteiger partial charge in [0.15, 0.2) is 0 Å². The van der Waals surface area contributed by atoms with E-state index in [0.717, 1.165) is 38.5 Å². The van der Waals surface area contributed by atoms with Gasteiger partial charge in [0.05, 0.1) is 25.4 Å². The van der Waals surface area contributed by atoms with Gasteiger partial charge < -0.3 is 20.3 Å². The third-order valence-electron chi connectivity index (χ3n) is 19.0. The molecule has 0 fully saturated rings. The molecule has 1 amide bonds. The number of rotatable bonds is 76. The molecule has 0 aromatic carbocycles. The van der Waals surface area contributed by atoms with Gasteiger partial charge in [0, 0.05) is 12.8 Å². The zero-order chi connectivity index (χ0) is 62.8. The molecule has 3 N–H and O–H groups in total. The van der Waals surface area contributed by atoms with E-state index >= 15 is 0 Å². The van der Waals surface area contributed by atoms with Gasteiger partial charge in [-0.05, 0) is 57.8 Å². The van der Waals surface area contributed by atoms with Crippen LogP contribution in [0.25, 0.3) is 0 Å². The van der Waals surface area contributed by atoms with E-state index in [9.17, 15) is 19.8 Å². The zero-order valence-corrected chi connectivity index (χ0v) is 59.3. The van der Waals surface area contributed by atoms with Gasteiger partial charge >= 0.3 is 5.97 Å². The largest absolute Gasteiger partial charge is 0.466 e. The van der Waals surface area contributed by atoms with E-state index in [1.807, 2.05) is 6.08 Å². The van der Waals surface area contributed by atoms with E-state index in [1.165, 1.54) is 392 Å². The molecule has 0 saturated heterocycles. The van der Waals surface area contributed by atoms with Crippen molar-refractivity contribution in [2.24, 2.45) is 0 Å². The molecule has 0 spiro atoms. The number of ether oxygens (including phenoxy) is 1. The molecule has 0 aliphatic heterocycles. The predicted molar refractivity (Wildman–Crippen MR) is 384 cm³/mol. The molecule has 87 heavy (non-hydrogen) atoms. The first-order valence-corrected chi connectivity index (χ1v) is 40.1. The van der Waals surface area contributed by atoms with Crippen molar-refractivity contribution in [2.75, 3.05) is 13.2 Å². The van der Waals surface area contributed by atoms with Gasteiger partial charge in [-0.3, -0.25) is 9.59 Å². The number of hydrogen-bond acceptors (Lipinski definition) is 5. The summed E-state index contributed by atoms with van der Waals surface area (Å²) < 4.78 is 5.52. The summed E-state index contributed by atoms with van der Waals surface area (Å²) in [6.07, 6.45) is 98.9. The highest BCUT2D eigenvalue weighted by Gasteiger charge is 2.18. The van der Waals surface area contributed by atoms with Crippen LogP contribution in [0.15, 0.2) is 24.3 Å². The van der Waals surface area contributed by atoms with Crippen molar-refractivity contribution in [1.82, 2.24) is 5.32 Å². The molecule has 0 saturated carbocycles. The van der Waals surface area contributed by atoms with Crippen LogP contribution in [0.5, 0.6) is 0 Å². The number of nitrogens with one attached hydrogen (secondary N) is 1. The molecule has 2 atom stereocenters. The van der Waals surface area contributed by atoms with Gasteiger partial charge in [0.25, 0.3) is 0 Å². The lowest BCUT2D eigenvalue weighted by Gasteiger charge is -2.20. The summed E-state index contributed by atoms with van der Waals surface area (Å²) in [7, 11) is 0. The second kappa shape index (κ2) is 76.8. The summed E-state index contributed by atoms with van der Waals surface area (Å²) in [5.74, 6) is -0.0343. The average molecular weight is 1230 g/mol. The summed E-state index contributed by atoms with van der Waals surface area (Å²) in [6, 6.07) is -0.624. The number of aliphatic hydroxyl groups excluding tert-OH is 2. The Balaban J connectivity index is 3.32. The molecule has 6 heteroatoms. The van der Waals surface area contributed by atoms with E-state index in [2.05, 4.69) is 31.3 Å². The standard InChI is InChI=1S/C81H157NO5/c1-3-5-7-9-11-13-15-17-19-20-43-47-51-55-59-63-67-71-75-81(86)87-76-72-68-64-60-56-52-48-44-41-39-37-35-33-31-29-27-25-23-21-22-24-26-28-30-32-34-36-38-40-42-46-50-54-58-62-66-70-74-80(85)82-78(77-83)79(84)73-69-65-61-57-53-49-45-18-16-14-12-10-8-6-4-2/h21,23,69,73,78-79,83-84H,3-20,22,24-68,70-72,74-77H2,1-2H3,(H,82,85)/b23-21-,73-69+. The van der Waals surface area contributed by atoms with Crippen molar-refractivity contribution in [3.63, 3.8) is 0 Å². The second-order valence-electron chi connectivity index (χ2n) is 27.8. The number of carbonyl (C=O) groups is 2. The molecule has 0 aliphatic rings. The fraction of sp³-hybridized carbons (Fsp3) is 0.926. The molecule has 6 nitrogen and oxygen atoms in total. The van der Waals surface area contributed by atoms with Gasteiger partial charge in [-0.2, -0.15) is 0 Å². The number of amides is 1. The molecule has 0 bridgehead atoms. The number of hydrogen-bond donors (Lipinski definition) is 3. The highest BCUT2D eigenvalue weighted by Crippen LogP contribution is 2.20. The van der Waals surface area contributed by atoms with Crippen molar-refractivity contribution in [1.29, 1.82) is 0 Å². The van der Waals surface area contributed by atoms with Crippen LogP contribution >= 0.6 is 0 Å². The van der Waals surface area contributed by atoms with E-state index in [-0.39, 0.29) is 18.5 Å². The van der Waals surface area contributed by atoms with Crippen LogP contribution in [0.2, 0.25) is 0 Å². The Hall–Kier alpha value is -1.66. The van der Waals surface area contributed by atoms with Crippen LogP contribution in [0.4, 0.5) is 0 Å². The third-order valence-corrected chi connectivity index (χ3v) is 19.0. The molecular weight excluding hydrogens is 1070 g/mol. The molecule has 0 radical (unpaired) electrons. The topological polar surface area (TPSA) is 95.9 Å². The maximum Gasteiger partial charge on any atom is 0.305 e. The first kappa shape index (κ1) is 85.3. The fourth-order valence-corrected chi connectivity index (χ4v) is 12.9. The van der Waals surface area contributed by atoms with Gasteiger partial charge in [-0.1, -0.05) is 411 Å². The monoisotopic (exact) mass is 1220 g/mol. The molecule has 0 heterocycles. The molecule has 2 unspecified atom stereocenters. The number of carbonyl (C=O) groups excluding carboxylic acids is 2. The quantitative estimate of drug-likeness (QED) is 0.0320. The van der Waals surface area contributed by atoms with Crippen molar-refractivity contribution < 1.29 is 24.5 Å². The average Bonchev–Trinajstić information content (AvgIpc) is 3.53. The maximum absolute atomic E-state index is 12.5. The van der Waals surface area contributed by atoms with Crippen LogP contribution in [-0.2, 0) is 14.3 Å².